The Kier molecular flexibility index (Phi) is 5.45. The molecule has 2 N–H and O–H groups in total. The van der Waals surface area contributed by atoms with Crippen molar-refractivity contribution in [2.45, 2.75) is 10.8 Å². The summed E-state index contributed by atoms with van der Waals surface area (Å²) in [6.07, 6.45) is 0. The summed E-state index contributed by atoms with van der Waals surface area (Å²) in [6.45, 7) is 1.68. The Hall–Kier alpha value is -1.45. The molecule has 1 aromatic carbocycles. The molecular weight excluding hydrogens is 382 g/mol. The number of carbonyl (C=O) groups excluding carboxylic acids is 1. The van der Waals surface area contributed by atoms with Crippen LogP contribution in [0.1, 0.15) is 15.9 Å². The maximum Gasteiger partial charge on any atom is 0.253 e. The van der Waals surface area contributed by atoms with E-state index in [1.54, 1.807) is 23.1 Å². The molecule has 0 saturated carbocycles. The molecule has 1 amide bonds. The third-order valence-electron chi connectivity index (χ3n) is 4.11. The molecular formula is C16H18ClN3O3S2. The number of amides is 1. The Morgan fingerprint density at radius 2 is 1.72 bits per heavy atom. The molecule has 0 bridgehead atoms. The zero-order valence-electron chi connectivity index (χ0n) is 13.4. The van der Waals surface area contributed by atoms with Gasteiger partial charge in [0.05, 0.1) is 4.34 Å². The molecule has 1 aliphatic heterocycles. The quantitative estimate of drug-likeness (QED) is 0.852. The normalized spacial score (nSPS) is 16.2. The fourth-order valence-corrected chi connectivity index (χ4v) is 5.72. The molecule has 0 atom stereocenters. The van der Waals surface area contributed by atoms with Crippen LogP contribution in [-0.2, 0) is 16.6 Å². The van der Waals surface area contributed by atoms with Crippen molar-refractivity contribution >= 4 is 38.9 Å². The van der Waals surface area contributed by atoms with Crippen LogP contribution in [0.25, 0.3) is 0 Å². The number of carbonyl (C=O) groups is 1. The van der Waals surface area contributed by atoms with E-state index in [1.165, 1.54) is 10.4 Å². The number of benzene rings is 1. The number of nitrogens with two attached hydrogens (primary N) is 1. The summed E-state index contributed by atoms with van der Waals surface area (Å²) >= 11 is 6.88. The van der Waals surface area contributed by atoms with Crippen molar-refractivity contribution in [2.75, 3.05) is 26.2 Å². The first kappa shape index (κ1) is 18.3. The molecule has 25 heavy (non-hydrogen) atoms. The van der Waals surface area contributed by atoms with Gasteiger partial charge >= 0.3 is 0 Å². The number of piperazine rings is 1. The summed E-state index contributed by atoms with van der Waals surface area (Å²) < 4.78 is 27.2. The van der Waals surface area contributed by atoms with Gasteiger partial charge in [-0.05, 0) is 29.8 Å². The van der Waals surface area contributed by atoms with Crippen LogP contribution in [-0.4, -0.2) is 49.7 Å². The average Bonchev–Trinajstić information content (AvgIpc) is 3.08. The lowest BCUT2D eigenvalue weighted by Gasteiger charge is -2.33. The Bertz CT molecular complexity index is 857. The molecule has 3 rings (SSSR count). The topological polar surface area (TPSA) is 83.7 Å². The lowest BCUT2D eigenvalue weighted by molar-refractivity contribution is 0.0698. The third-order valence-corrected chi connectivity index (χ3v) is 7.70. The van der Waals surface area contributed by atoms with Crippen molar-refractivity contribution in [1.82, 2.24) is 9.21 Å². The van der Waals surface area contributed by atoms with E-state index in [9.17, 15) is 13.2 Å². The van der Waals surface area contributed by atoms with Gasteiger partial charge in [-0.15, -0.1) is 11.3 Å². The molecule has 1 aliphatic rings. The van der Waals surface area contributed by atoms with Gasteiger partial charge in [0, 0.05) is 38.3 Å². The molecule has 2 heterocycles. The highest BCUT2D eigenvalue weighted by Crippen LogP contribution is 2.28. The van der Waals surface area contributed by atoms with Crippen LogP contribution >= 0.6 is 22.9 Å². The summed E-state index contributed by atoms with van der Waals surface area (Å²) in [6, 6.07) is 10.2. The maximum absolute atomic E-state index is 12.6. The molecule has 0 radical (unpaired) electrons. The van der Waals surface area contributed by atoms with Gasteiger partial charge in [-0.2, -0.15) is 4.31 Å². The minimum Gasteiger partial charge on any atom is -0.336 e. The van der Waals surface area contributed by atoms with Crippen LogP contribution in [0.2, 0.25) is 4.34 Å². The second-order valence-electron chi connectivity index (χ2n) is 5.66. The highest BCUT2D eigenvalue weighted by Gasteiger charge is 2.31. The Labute approximate surface area is 155 Å². The Morgan fingerprint density at radius 3 is 2.24 bits per heavy atom. The lowest BCUT2D eigenvalue weighted by atomic mass is 10.1. The molecule has 9 heteroatoms. The molecule has 1 saturated heterocycles. The second kappa shape index (κ2) is 7.43. The first-order chi connectivity index (χ1) is 11.9. The predicted octanol–water partition coefficient (Wildman–Crippen LogP) is 2.01. The first-order valence-electron chi connectivity index (χ1n) is 7.75. The molecule has 1 fully saturated rings. The first-order valence-corrected chi connectivity index (χ1v) is 10.4. The van der Waals surface area contributed by atoms with Crippen molar-refractivity contribution < 1.29 is 13.2 Å². The van der Waals surface area contributed by atoms with Crippen LogP contribution in [0.15, 0.2) is 40.6 Å². The predicted molar refractivity (Wildman–Crippen MR) is 98.3 cm³/mol. The zero-order valence-corrected chi connectivity index (χ0v) is 15.8. The number of halogens is 1. The van der Waals surface area contributed by atoms with Gasteiger partial charge in [0.15, 0.2) is 0 Å². The van der Waals surface area contributed by atoms with E-state index in [4.69, 9.17) is 17.3 Å². The second-order valence-corrected chi connectivity index (χ2v) is 9.54. The van der Waals surface area contributed by atoms with E-state index >= 15 is 0 Å². The number of rotatable bonds is 4. The van der Waals surface area contributed by atoms with Crippen molar-refractivity contribution in [1.29, 1.82) is 0 Å². The summed E-state index contributed by atoms with van der Waals surface area (Å²) in [5, 5.41) is 0. The fourth-order valence-electron chi connectivity index (χ4n) is 2.66. The fraction of sp³-hybridized carbons (Fsp3) is 0.312. The minimum atomic E-state index is -3.55. The van der Waals surface area contributed by atoms with Gasteiger partial charge in [0.1, 0.15) is 4.21 Å². The SMILES string of the molecule is NCc1ccc(C(=O)N2CCN(S(=O)(=O)c3ccc(Cl)s3)CC2)cc1. The molecule has 0 aliphatic carbocycles. The van der Waals surface area contributed by atoms with Crippen molar-refractivity contribution in [2.24, 2.45) is 5.73 Å². The van der Waals surface area contributed by atoms with Crippen LogP contribution in [0, 0.1) is 0 Å². The summed E-state index contributed by atoms with van der Waals surface area (Å²) in [7, 11) is -3.55. The smallest absolute Gasteiger partial charge is 0.253 e. The van der Waals surface area contributed by atoms with E-state index in [0.717, 1.165) is 16.9 Å². The zero-order chi connectivity index (χ0) is 18.0. The van der Waals surface area contributed by atoms with E-state index in [2.05, 4.69) is 0 Å². The third kappa shape index (κ3) is 3.88. The van der Waals surface area contributed by atoms with Gasteiger partial charge in [-0.3, -0.25) is 4.79 Å². The van der Waals surface area contributed by atoms with Crippen LogP contribution in [0.5, 0.6) is 0 Å². The van der Waals surface area contributed by atoms with Crippen LogP contribution in [0.3, 0.4) is 0 Å². The van der Waals surface area contributed by atoms with Gasteiger partial charge in [-0.1, -0.05) is 23.7 Å². The molecule has 134 valence electrons. The van der Waals surface area contributed by atoms with Crippen molar-refractivity contribution in [3.8, 4) is 0 Å². The van der Waals surface area contributed by atoms with E-state index in [-0.39, 0.29) is 23.2 Å². The van der Waals surface area contributed by atoms with Crippen molar-refractivity contribution in [3.63, 3.8) is 0 Å². The number of nitrogens with zero attached hydrogens (tertiary/aromatic N) is 2. The van der Waals surface area contributed by atoms with Crippen LogP contribution in [0.4, 0.5) is 0 Å². The lowest BCUT2D eigenvalue weighted by Crippen LogP contribution is -2.50. The highest BCUT2D eigenvalue weighted by atomic mass is 35.5. The molecule has 1 aromatic heterocycles. The van der Waals surface area contributed by atoms with Gasteiger partial charge in [0.2, 0.25) is 0 Å². The molecule has 0 spiro atoms. The summed E-state index contributed by atoms with van der Waals surface area (Å²) in [5.74, 6) is -0.0974. The molecule has 2 aromatic rings. The van der Waals surface area contributed by atoms with Gasteiger partial charge in [0.25, 0.3) is 15.9 Å². The van der Waals surface area contributed by atoms with E-state index in [1.807, 2.05) is 12.1 Å². The number of thiophene rings is 1. The minimum absolute atomic E-state index is 0.0974. The van der Waals surface area contributed by atoms with Crippen LogP contribution < -0.4 is 5.73 Å². The summed E-state index contributed by atoms with van der Waals surface area (Å²) in [5.41, 5.74) is 7.10. The van der Waals surface area contributed by atoms with E-state index < -0.39 is 10.0 Å². The average molecular weight is 400 g/mol. The van der Waals surface area contributed by atoms with Crippen molar-refractivity contribution in [3.05, 3.63) is 51.9 Å². The Balaban J connectivity index is 1.66. The molecule has 0 unspecified atom stereocenters. The van der Waals surface area contributed by atoms with Gasteiger partial charge < -0.3 is 10.6 Å². The largest absolute Gasteiger partial charge is 0.336 e. The number of hydrogen-bond acceptors (Lipinski definition) is 5. The summed E-state index contributed by atoms with van der Waals surface area (Å²) in [4.78, 5) is 14.2. The maximum atomic E-state index is 12.6. The molecule has 6 nitrogen and oxygen atoms in total. The number of hydrogen-bond donors (Lipinski definition) is 1. The highest BCUT2D eigenvalue weighted by molar-refractivity contribution is 7.91. The van der Waals surface area contributed by atoms with Gasteiger partial charge in [-0.25, -0.2) is 8.42 Å². The van der Waals surface area contributed by atoms with E-state index in [0.29, 0.717) is 29.5 Å². The number of sulfonamides is 1. The Morgan fingerprint density at radius 1 is 1.08 bits per heavy atom. The monoisotopic (exact) mass is 399 g/mol. The standard InChI is InChI=1S/C16H18ClN3O3S2/c17-14-5-6-15(24-14)25(22,23)20-9-7-19(8-10-20)16(21)13-3-1-12(11-18)2-4-13/h1-6H,7-11,18H2.